The largest absolute Gasteiger partial charge is 0.454 e. The molecule has 2 N–H and O–H groups in total. The van der Waals surface area contributed by atoms with Crippen LogP contribution in [0.3, 0.4) is 0 Å². The van der Waals surface area contributed by atoms with Gasteiger partial charge in [-0.1, -0.05) is 22.0 Å². The van der Waals surface area contributed by atoms with Gasteiger partial charge in [-0.15, -0.1) is 0 Å². The highest BCUT2D eigenvalue weighted by Gasteiger charge is 2.07. The van der Waals surface area contributed by atoms with Crippen molar-refractivity contribution < 1.29 is 4.42 Å². The zero-order valence-electron chi connectivity index (χ0n) is 9.56. The second kappa shape index (κ2) is 4.55. The molecule has 0 saturated carbocycles. The Morgan fingerprint density at radius 2 is 2.06 bits per heavy atom. The van der Waals surface area contributed by atoms with Gasteiger partial charge in [-0.25, -0.2) is 0 Å². The number of rotatable bonds is 2. The maximum Gasteiger partial charge on any atom is 0.153 e. The van der Waals surface area contributed by atoms with Crippen molar-refractivity contribution in [3.63, 3.8) is 0 Å². The third-order valence-corrected chi connectivity index (χ3v) is 3.28. The second-order valence-electron chi connectivity index (χ2n) is 4.05. The number of hydrogen-bond donors (Lipinski definition) is 1. The third-order valence-electron chi connectivity index (χ3n) is 2.79. The van der Waals surface area contributed by atoms with E-state index in [0.717, 1.165) is 32.5 Å². The highest BCUT2D eigenvalue weighted by molar-refractivity contribution is 9.10. The summed E-state index contributed by atoms with van der Waals surface area (Å²) in [7, 11) is 0. The van der Waals surface area contributed by atoms with Crippen LogP contribution in [-0.2, 0) is 6.54 Å². The van der Waals surface area contributed by atoms with E-state index in [1.165, 1.54) is 0 Å². The minimum absolute atomic E-state index is 0.500. The number of furan rings is 1. The Balaban J connectivity index is 2.07. The van der Waals surface area contributed by atoms with Gasteiger partial charge in [0.15, 0.2) is 5.76 Å². The molecule has 3 nitrogen and oxygen atoms in total. The summed E-state index contributed by atoms with van der Waals surface area (Å²) < 4.78 is 6.80. The molecule has 90 valence electrons. The Hall–Kier alpha value is -1.65. The molecule has 0 radical (unpaired) electrons. The zero-order chi connectivity index (χ0) is 12.5. The number of fused-ring (bicyclic) bond motifs is 1. The van der Waals surface area contributed by atoms with Gasteiger partial charge in [-0.05, 0) is 35.9 Å². The molecule has 0 atom stereocenters. The van der Waals surface area contributed by atoms with E-state index in [0.29, 0.717) is 6.54 Å². The quantitative estimate of drug-likeness (QED) is 0.785. The molecule has 3 rings (SSSR count). The predicted octanol–water partition coefficient (Wildman–Crippen LogP) is 3.72. The van der Waals surface area contributed by atoms with E-state index in [-0.39, 0.29) is 0 Å². The Labute approximate surface area is 113 Å². The van der Waals surface area contributed by atoms with Gasteiger partial charge in [0.05, 0.1) is 0 Å². The van der Waals surface area contributed by atoms with Gasteiger partial charge in [-0.2, -0.15) is 0 Å². The Bertz CT molecular complexity index is 689. The molecule has 4 heteroatoms. The predicted molar refractivity (Wildman–Crippen MR) is 75.0 cm³/mol. The van der Waals surface area contributed by atoms with Crippen LogP contribution in [0.15, 0.2) is 51.5 Å². The van der Waals surface area contributed by atoms with Gasteiger partial charge in [-0.3, -0.25) is 4.98 Å². The first kappa shape index (κ1) is 11.4. The zero-order valence-corrected chi connectivity index (χ0v) is 11.1. The molecular weight excluding hydrogens is 292 g/mol. The van der Waals surface area contributed by atoms with Crippen LogP contribution < -0.4 is 5.73 Å². The monoisotopic (exact) mass is 302 g/mol. The number of pyridine rings is 1. The average Bonchev–Trinajstić information content (AvgIpc) is 2.81. The lowest BCUT2D eigenvalue weighted by atomic mass is 10.2. The van der Waals surface area contributed by atoms with E-state index in [4.69, 9.17) is 10.2 Å². The first-order chi connectivity index (χ1) is 8.76. The fourth-order valence-electron chi connectivity index (χ4n) is 1.83. The smallest absolute Gasteiger partial charge is 0.153 e. The lowest BCUT2D eigenvalue weighted by molar-refractivity contribution is 0.628. The van der Waals surface area contributed by atoms with Crippen molar-refractivity contribution in [3.05, 3.63) is 52.6 Å². The summed E-state index contributed by atoms with van der Waals surface area (Å²) >= 11 is 3.45. The molecule has 18 heavy (non-hydrogen) atoms. The number of nitrogens with two attached hydrogens (primary N) is 1. The lowest BCUT2D eigenvalue weighted by Crippen LogP contribution is -1.96. The summed E-state index contributed by atoms with van der Waals surface area (Å²) in [6.45, 7) is 0.500. The normalized spacial score (nSPS) is 11.0. The molecule has 0 unspecified atom stereocenters. The Morgan fingerprint density at radius 3 is 2.78 bits per heavy atom. The summed E-state index contributed by atoms with van der Waals surface area (Å²) in [6, 6.07) is 11.8. The maximum atomic E-state index is 5.77. The van der Waals surface area contributed by atoms with Gasteiger partial charge in [0.1, 0.15) is 11.3 Å². The van der Waals surface area contributed by atoms with Crippen LogP contribution in [0.5, 0.6) is 0 Å². The number of halogens is 1. The van der Waals surface area contributed by atoms with Crippen LogP contribution >= 0.6 is 15.9 Å². The second-order valence-corrected chi connectivity index (χ2v) is 4.96. The highest BCUT2D eigenvalue weighted by atomic mass is 79.9. The van der Waals surface area contributed by atoms with Gasteiger partial charge in [0.2, 0.25) is 0 Å². The summed E-state index contributed by atoms with van der Waals surface area (Å²) in [5.41, 5.74) is 8.24. The van der Waals surface area contributed by atoms with Gasteiger partial charge in [0.25, 0.3) is 0 Å². The molecule has 0 amide bonds. The molecular formula is C14H11BrN2O. The fraction of sp³-hybridized carbons (Fsp3) is 0.0714. The summed E-state index contributed by atoms with van der Waals surface area (Å²) in [5.74, 6) is 0.770. The van der Waals surface area contributed by atoms with E-state index in [2.05, 4.69) is 20.9 Å². The molecule has 2 aromatic heterocycles. The van der Waals surface area contributed by atoms with Crippen LogP contribution in [-0.4, -0.2) is 4.98 Å². The molecule has 0 aliphatic rings. The van der Waals surface area contributed by atoms with E-state index >= 15 is 0 Å². The van der Waals surface area contributed by atoms with Crippen LogP contribution in [0.1, 0.15) is 5.56 Å². The third kappa shape index (κ3) is 2.05. The van der Waals surface area contributed by atoms with Crippen molar-refractivity contribution in [3.8, 4) is 11.5 Å². The molecule has 0 bridgehead atoms. The topological polar surface area (TPSA) is 52.0 Å². The van der Waals surface area contributed by atoms with Crippen molar-refractivity contribution in [1.29, 1.82) is 0 Å². The molecule has 0 aliphatic heterocycles. The van der Waals surface area contributed by atoms with Crippen molar-refractivity contribution in [2.24, 2.45) is 5.73 Å². The van der Waals surface area contributed by atoms with E-state index < -0.39 is 0 Å². The summed E-state index contributed by atoms with van der Waals surface area (Å²) in [6.07, 6.45) is 1.78. The van der Waals surface area contributed by atoms with Crippen LogP contribution in [0.25, 0.3) is 22.4 Å². The van der Waals surface area contributed by atoms with Crippen molar-refractivity contribution >= 4 is 26.9 Å². The number of aromatic nitrogens is 1. The van der Waals surface area contributed by atoms with Gasteiger partial charge >= 0.3 is 0 Å². The van der Waals surface area contributed by atoms with E-state index in [1.54, 1.807) is 6.20 Å². The molecule has 0 aliphatic carbocycles. The summed E-state index contributed by atoms with van der Waals surface area (Å²) in [5, 5.41) is 1.06. The first-order valence-corrected chi connectivity index (χ1v) is 6.40. The fourth-order valence-corrected chi connectivity index (χ4v) is 2.21. The van der Waals surface area contributed by atoms with Gasteiger partial charge in [0, 0.05) is 22.6 Å². The average molecular weight is 303 g/mol. The van der Waals surface area contributed by atoms with Crippen molar-refractivity contribution in [2.45, 2.75) is 6.54 Å². The van der Waals surface area contributed by atoms with Crippen LogP contribution in [0, 0.1) is 0 Å². The number of nitrogens with zero attached hydrogens (tertiary/aromatic N) is 1. The van der Waals surface area contributed by atoms with E-state index in [9.17, 15) is 0 Å². The number of hydrogen-bond acceptors (Lipinski definition) is 3. The SMILES string of the molecule is NCc1ccc(-c2cc3cc(Br)ccc3o2)nc1. The van der Waals surface area contributed by atoms with Crippen molar-refractivity contribution in [2.75, 3.05) is 0 Å². The number of benzene rings is 1. The maximum absolute atomic E-state index is 5.77. The summed E-state index contributed by atoms with van der Waals surface area (Å²) in [4.78, 5) is 4.35. The molecule has 0 fully saturated rings. The lowest BCUT2D eigenvalue weighted by Gasteiger charge is -1.97. The van der Waals surface area contributed by atoms with Crippen molar-refractivity contribution in [1.82, 2.24) is 4.98 Å². The minimum Gasteiger partial charge on any atom is -0.454 e. The van der Waals surface area contributed by atoms with Crippen LogP contribution in [0.2, 0.25) is 0 Å². The molecule has 2 heterocycles. The molecule has 0 spiro atoms. The Kier molecular flexibility index (Phi) is 2.89. The molecule has 1 aromatic carbocycles. The first-order valence-electron chi connectivity index (χ1n) is 5.61. The molecule has 0 saturated heterocycles. The molecule has 3 aromatic rings. The van der Waals surface area contributed by atoms with Crippen LogP contribution in [0.4, 0.5) is 0 Å². The standard InChI is InChI=1S/C14H11BrN2O/c15-11-2-4-13-10(5-11)6-14(18-13)12-3-1-9(7-16)8-17-12/h1-6,8H,7,16H2. The Morgan fingerprint density at radius 1 is 1.17 bits per heavy atom. The highest BCUT2D eigenvalue weighted by Crippen LogP contribution is 2.28. The van der Waals surface area contributed by atoms with E-state index in [1.807, 2.05) is 36.4 Å². The minimum atomic E-state index is 0.500. The van der Waals surface area contributed by atoms with Gasteiger partial charge < -0.3 is 10.2 Å².